The van der Waals surface area contributed by atoms with Crippen LogP contribution in [0.3, 0.4) is 0 Å². The Labute approximate surface area is 162 Å². The SMILES string of the molecule is O=C(CCc1nc(-c2ccccc2)no1)N1CCOc2ccc(CO)cc2C1. The predicted molar refractivity (Wildman–Crippen MR) is 101 cm³/mol. The van der Waals surface area contributed by atoms with Crippen LogP contribution >= 0.6 is 0 Å². The van der Waals surface area contributed by atoms with Gasteiger partial charge in [0.1, 0.15) is 12.4 Å². The molecule has 1 aliphatic rings. The maximum absolute atomic E-state index is 12.7. The van der Waals surface area contributed by atoms with E-state index in [9.17, 15) is 9.90 Å². The van der Waals surface area contributed by atoms with Crippen molar-refractivity contribution in [2.75, 3.05) is 13.2 Å². The highest BCUT2D eigenvalue weighted by Crippen LogP contribution is 2.25. The van der Waals surface area contributed by atoms with Crippen molar-refractivity contribution < 1.29 is 19.2 Å². The maximum atomic E-state index is 12.7. The summed E-state index contributed by atoms with van der Waals surface area (Å²) in [5.41, 5.74) is 2.59. The standard InChI is InChI=1S/C21H21N3O4/c25-14-15-6-7-18-17(12-15)13-24(10-11-27-18)20(26)9-8-19-22-21(23-28-19)16-4-2-1-3-5-16/h1-7,12,25H,8-11,13-14H2. The molecule has 7 heteroatoms. The quantitative estimate of drug-likeness (QED) is 0.733. The van der Waals surface area contributed by atoms with E-state index in [1.165, 1.54) is 0 Å². The van der Waals surface area contributed by atoms with E-state index in [1.54, 1.807) is 4.90 Å². The fourth-order valence-corrected chi connectivity index (χ4v) is 3.19. The zero-order chi connectivity index (χ0) is 19.3. The van der Waals surface area contributed by atoms with E-state index >= 15 is 0 Å². The average molecular weight is 379 g/mol. The summed E-state index contributed by atoms with van der Waals surface area (Å²) in [5.74, 6) is 1.74. The van der Waals surface area contributed by atoms with Crippen LogP contribution < -0.4 is 4.74 Å². The minimum Gasteiger partial charge on any atom is -0.491 e. The molecular weight excluding hydrogens is 358 g/mol. The molecule has 0 bridgehead atoms. The van der Waals surface area contributed by atoms with Crippen LogP contribution in [-0.2, 0) is 24.4 Å². The molecule has 1 amide bonds. The largest absolute Gasteiger partial charge is 0.491 e. The van der Waals surface area contributed by atoms with Gasteiger partial charge in [0.25, 0.3) is 0 Å². The van der Waals surface area contributed by atoms with Gasteiger partial charge in [-0.15, -0.1) is 0 Å². The van der Waals surface area contributed by atoms with Crippen molar-refractivity contribution in [3.63, 3.8) is 0 Å². The third-order valence-electron chi connectivity index (χ3n) is 4.69. The number of fused-ring (bicyclic) bond motifs is 1. The molecule has 1 N–H and O–H groups in total. The van der Waals surface area contributed by atoms with Crippen molar-refractivity contribution in [2.24, 2.45) is 0 Å². The fourth-order valence-electron chi connectivity index (χ4n) is 3.19. The van der Waals surface area contributed by atoms with Gasteiger partial charge in [0, 0.05) is 30.5 Å². The second-order valence-corrected chi connectivity index (χ2v) is 6.64. The molecule has 0 aliphatic carbocycles. The summed E-state index contributed by atoms with van der Waals surface area (Å²) in [5, 5.41) is 13.3. The molecule has 3 aromatic rings. The van der Waals surface area contributed by atoms with Crippen LogP contribution in [0, 0.1) is 0 Å². The minimum absolute atomic E-state index is 0.00492. The molecule has 0 fully saturated rings. The summed E-state index contributed by atoms with van der Waals surface area (Å²) < 4.78 is 11.0. The van der Waals surface area contributed by atoms with E-state index in [2.05, 4.69) is 10.1 Å². The molecule has 28 heavy (non-hydrogen) atoms. The number of aromatic nitrogens is 2. The topological polar surface area (TPSA) is 88.7 Å². The first kappa shape index (κ1) is 18.2. The molecule has 0 spiro atoms. The van der Waals surface area contributed by atoms with Crippen LogP contribution in [0.1, 0.15) is 23.4 Å². The summed E-state index contributed by atoms with van der Waals surface area (Å²) in [6, 6.07) is 15.1. The third kappa shape index (κ3) is 4.04. The van der Waals surface area contributed by atoms with E-state index in [0.29, 0.717) is 37.8 Å². The molecule has 0 atom stereocenters. The van der Waals surface area contributed by atoms with E-state index in [0.717, 1.165) is 22.4 Å². The second kappa shape index (κ2) is 8.22. The van der Waals surface area contributed by atoms with Crippen LogP contribution in [0.15, 0.2) is 53.1 Å². The number of aryl methyl sites for hydroxylation is 1. The Morgan fingerprint density at radius 2 is 2.04 bits per heavy atom. The van der Waals surface area contributed by atoms with Gasteiger partial charge in [-0.3, -0.25) is 4.79 Å². The van der Waals surface area contributed by atoms with Crippen LogP contribution in [-0.4, -0.2) is 39.2 Å². The Hall–Kier alpha value is -3.19. The summed E-state index contributed by atoms with van der Waals surface area (Å²) in [4.78, 5) is 18.8. The van der Waals surface area contributed by atoms with Crippen molar-refractivity contribution in [3.05, 3.63) is 65.5 Å². The van der Waals surface area contributed by atoms with Gasteiger partial charge in [0.2, 0.25) is 17.6 Å². The zero-order valence-corrected chi connectivity index (χ0v) is 15.4. The molecule has 1 aromatic heterocycles. The average Bonchev–Trinajstić information content (AvgIpc) is 3.11. The molecule has 1 aliphatic heterocycles. The monoisotopic (exact) mass is 379 g/mol. The Kier molecular flexibility index (Phi) is 5.34. The molecule has 2 heterocycles. The van der Waals surface area contributed by atoms with Gasteiger partial charge < -0.3 is 19.3 Å². The van der Waals surface area contributed by atoms with Crippen LogP contribution in [0.2, 0.25) is 0 Å². The molecule has 0 saturated heterocycles. The highest BCUT2D eigenvalue weighted by atomic mass is 16.5. The van der Waals surface area contributed by atoms with E-state index in [-0.39, 0.29) is 18.9 Å². The van der Waals surface area contributed by atoms with E-state index < -0.39 is 0 Å². The summed E-state index contributed by atoms with van der Waals surface area (Å²) in [7, 11) is 0. The van der Waals surface area contributed by atoms with Crippen LogP contribution in [0.4, 0.5) is 0 Å². The van der Waals surface area contributed by atoms with Crippen molar-refractivity contribution >= 4 is 5.91 Å². The lowest BCUT2D eigenvalue weighted by atomic mass is 10.1. The number of aliphatic hydroxyl groups is 1. The van der Waals surface area contributed by atoms with Gasteiger partial charge in [0.15, 0.2) is 0 Å². The maximum Gasteiger partial charge on any atom is 0.227 e. The van der Waals surface area contributed by atoms with Crippen molar-refractivity contribution in [1.82, 2.24) is 15.0 Å². The highest BCUT2D eigenvalue weighted by Gasteiger charge is 2.21. The van der Waals surface area contributed by atoms with Crippen molar-refractivity contribution in [2.45, 2.75) is 26.0 Å². The Morgan fingerprint density at radius 1 is 1.18 bits per heavy atom. The molecule has 0 saturated carbocycles. The first-order valence-electron chi connectivity index (χ1n) is 9.24. The van der Waals surface area contributed by atoms with Gasteiger partial charge in [-0.25, -0.2) is 0 Å². The number of hydrogen-bond acceptors (Lipinski definition) is 6. The van der Waals surface area contributed by atoms with E-state index in [4.69, 9.17) is 9.26 Å². The smallest absolute Gasteiger partial charge is 0.227 e. The van der Waals surface area contributed by atoms with Gasteiger partial charge in [-0.05, 0) is 17.7 Å². The number of carbonyl (C=O) groups excluding carboxylic acids is 1. The summed E-state index contributed by atoms with van der Waals surface area (Å²) in [6.45, 7) is 1.38. The summed E-state index contributed by atoms with van der Waals surface area (Å²) in [6.07, 6.45) is 0.672. The molecule has 7 nitrogen and oxygen atoms in total. The lowest BCUT2D eigenvalue weighted by Gasteiger charge is -2.19. The van der Waals surface area contributed by atoms with Gasteiger partial charge in [-0.1, -0.05) is 41.6 Å². The number of nitrogens with zero attached hydrogens (tertiary/aromatic N) is 3. The molecule has 144 valence electrons. The number of rotatable bonds is 5. The number of carbonyl (C=O) groups is 1. The first-order chi connectivity index (χ1) is 13.7. The Bertz CT molecular complexity index is 955. The van der Waals surface area contributed by atoms with Gasteiger partial charge >= 0.3 is 0 Å². The number of ether oxygens (including phenoxy) is 1. The molecule has 2 aromatic carbocycles. The highest BCUT2D eigenvalue weighted by molar-refractivity contribution is 5.76. The summed E-state index contributed by atoms with van der Waals surface area (Å²) >= 11 is 0. The lowest BCUT2D eigenvalue weighted by molar-refractivity contribution is -0.132. The number of hydrogen-bond donors (Lipinski definition) is 1. The Morgan fingerprint density at radius 3 is 2.86 bits per heavy atom. The van der Waals surface area contributed by atoms with Crippen molar-refractivity contribution in [3.8, 4) is 17.1 Å². The minimum atomic E-state index is -0.0395. The fraction of sp³-hybridized carbons (Fsp3) is 0.286. The number of benzene rings is 2. The normalized spacial score (nSPS) is 13.5. The van der Waals surface area contributed by atoms with Gasteiger partial charge in [0.05, 0.1) is 13.2 Å². The molecule has 0 unspecified atom stereocenters. The Balaban J connectivity index is 1.39. The number of amides is 1. The predicted octanol–water partition coefficient (Wildman–Crippen LogP) is 2.58. The van der Waals surface area contributed by atoms with Crippen LogP contribution in [0.5, 0.6) is 5.75 Å². The zero-order valence-electron chi connectivity index (χ0n) is 15.4. The molecular formula is C21H21N3O4. The third-order valence-corrected chi connectivity index (χ3v) is 4.69. The number of aliphatic hydroxyl groups excluding tert-OH is 1. The van der Waals surface area contributed by atoms with E-state index in [1.807, 2.05) is 48.5 Å². The first-order valence-corrected chi connectivity index (χ1v) is 9.24. The molecule has 4 rings (SSSR count). The lowest BCUT2D eigenvalue weighted by Crippen LogP contribution is -2.32. The van der Waals surface area contributed by atoms with Crippen LogP contribution in [0.25, 0.3) is 11.4 Å². The molecule has 0 radical (unpaired) electrons. The second-order valence-electron chi connectivity index (χ2n) is 6.64. The van der Waals surface area contributed by atoms with Gasteiger partial charge in [-0.2, -0.15) is 4.98 Å². The van der Waals surface area contributed by atoms with Crippen molar-refractivity contribution in [1.29, 1.82) is 0 Å².